The Kier molecular flexibility index (Phi) is 22.6. The van der Waals surface area contributed by atoms with Crippen molar-refractivity contribution in [1.29, 1.82) is 0 Å². The van der Waals surface area contributed by atoms with E-state index in [1.165, 1.54) is 116 Å². The Labute approximate surface area is 176 Å². The lowest BCUT2D eigenvalue weighted by atomic mass is 10.0. The second-order valence-electron chi connectivity index (χ2n) is 8.56. The highest BCUT2D eigenvalue weighted by molar-refractivity contribution is 4.93. The fourth-order valence-electron chi connectivity index (χ4n) is 3.65. The van der Waals surface area contributed by atoms with E-state index in [-0.39, 0.29) is 6.61 Å². The van der Waals surface area contributed by atoms with Crippen LogP contribution in [-0.2, 0) is 0 Å². The predicted molar refractivity (Wildman–Crippen MR) is 124 cm³/mol. The van der Waals surface area contributed by atoms with E-state index < -0.39 is 12.1 Å². The summed E-state index contributed by atoms with van der Waals surface area (Å²) in [6.45, 7) is 2.11. The lowest BCUT2D eigenvalue weighted by Crippen LogP contribution is -2.36. The van der Waals surface area contributed by atoms with Crippen molar-refractivity contribution in [2.24, 2.45) is 5.73 Å². The first-order chi connectivity index (χ1) is 13.7. The van der Waals surface area contributed by atoms with Crippen molar-refractivity contribution >= 4 is 0 Å². The van der Waals surface area contributed by atoms with Gasteiger partial charge in [-0.3, -0.25) is 0 Å². The van der Waals surface area contributed by atoms with Gasteiger partial charge in [-0.25, -0.2) is 0 Å². The molecule has 0 unspecified atom stereocenters. The summed E-state index contributed by atoms with van der Waals surface area (Å²) in [6.07, 6.45) is 29.1. The first-order valence-corrected chi connectivity index (χ1v) is 12.4. The maximum absolute atomic E-state index is 9.60. The molecule has 28 heavy (non-hydrogen) atoms. The molecule has 0 spiro atoms. The van der Waals surface area contributed by atoms with Crippen LogP contribution in [0.3, 0.4) is 0 Å². The number of aliphatic hydroxyl groups excluding tert-OH is 2. The maximum Gasteiger partial charge on any atom is 0.0894 e. The first kappa shape index (κ1) is 27.6. The lowest BCUT2D eigenvalue weighted by Gasteiger charge is -2.11. The number of unbranched alkanes of at least 4 members (excludes halogenated alkanes) is 18. The van der Waals surface area contributed by atoms with Crippen LogP contribution < -0.4 is 5.73 Å². The minimum absolute atomic E-state index is 0.176. The molecule has 0 heterocycles. The third-order valence-corrected chi connectivity index (χ3v) is 5.71. The number of hydrogen-bond acceptors (Lipinski definition) is 3. The normalized spacial score (nSPS) is 14.0. The van der Waals surface area contributed by atoms with Crippen molar-refractivity contribution in [2.75, 3.05) is 6.61 Å². The van der Waals surface area contributed by atoms with Crippen molar-refractivity contribution in [2.45, 2.75) is 141 Å². The van der Waals surface area contributed by atoms with E-state index in [4.69, 9.17) is 10.8 Å². The standard InChI is InChI=1S/C25H51NO2/c1-2-3-4-5-6-7-8-9-10-11-12-13-14-15-16-17-18-19-20-21-22-25(28)24(26)23-27/h21-22,24-25,27-28H,2-20,23,26H2,1H3/b22-21+/t24-,25+/m0/s1. The zero-order chi connectivity index (χ0) is 20.7. The molecule has 0 radical (unpaired) electrons. The fourth-order valence-corrected chi connectivity index (χ4v) is 3.65. The van der Waals surface area contributed by atoms with Gasteiger partial charge >= 0.3 is 0 Å². The fraction of sp³-hybridized carbons (Fsp3) is 0.920. The molecule has 3 nitrogen and oxygen atoms in total. The molecule has 0 bridgehead atoms. The van der Waals surface area contributed by atoms with Gasteiger partial charge in [-0.15, -0.1) is 0 Å². The van der Waals surface area contributed by atoms with Crippen LogP contribution in [0.25, 0.3) is 0 Å². The smallest absolute Gasteiger partial charge is 0.0894 e. The van der Waals surface area contributed by atoms with E-state index in [0.717, 1.165) is 6.42 Å². The summed E-state index contributed by atoms with van der Waals surface area (Å²) in [7, 11) is 0. The van der Waals surface area contributed by atoms with Gasteiger partial charge in [0.15, 0.2) is 0 Å². The zero-order valence-corrected chi connectivity index (χ0v) is 18.9. The van der Waals surface area contributed by atoms with Crippen molar-refractivity contribution < 1.29 is 10.2 Å². The van der Waals surface area contributed by atoms with Crippen molar-refractivity contribution in [3.05, 3.63) is 12.2 Å². The van der Waals surface area contributed by atoms with Crippen LogP contribution in [-0.4, -0.2) is 29.0 Å². The second kappa shape index (κ2) is 22.9. The first-order valence-electron chi connectivity index (χ1n) is 12.4. The quantitative estimate of drug-likeness (QED) is 0.141. The molecule has 0 saturated carbocycles. The van der Waals surface area contributed by atoms with Gasteiger partial charge in [0.1, 0.15) is 0 Å². The van der Waals surface area contributed by atoms with Crippen molar-refractivity contribution in [3.8, 4) is 0 Å². The summed E-state index contributed by atoms with van der Waals surface area (Å²) in [5.74, 6) is 0. The SMILES string of the molecule is CCCCCCCCCCCCCCCCCCCC/C=C/[C@@H](O)[C@@H](N)CO. The van der Waals surface area contributed by atoms with E-state index in [1.54, 1.807) is 6.08 Å². The number of nitrogens with two attached hydrogens (primary N) is 1. The summed E-state index contributed by atoms with van der Waals surface area (Å²) in [6, 6.07) is -0.559. The average molecular weight is 398 g/mol. The van der Waals surface area contributed by atoms with E-state index in [2.05, 4.69) is 6.92 Å². The van der Waals surface area contributed by atoms with Gasteiger partial charge in [-0.05, 0) is 12.8 Å². The lowest BCUT2D eigenvalue weighted by molar-refractivity contribution is 0.144. The molecule has 0 aromatic heterocycles. The number of hydrogen-bond donors (Lipinski definition) is 3. The third kappa shape index (κ3) is 20.4. The van der Waals surface area contributed by atoms with Crippen molar-refractivity contribution in [1.82, 2.24) is 0 Å². The van der Waals surface area contributed by atoms with Gasteiger partial charge in [0, 0.05) is 0 Å². The monoisotopic (exact) mass is 397 g/mol. The molecule has 0 aliphatic rings. The van der Waals surface area contributed by atoms with Crippen LogP contribution in [0.15, 0.2) is 12.2 Å². The molecule has 3 heteroatoms. The molecular formula is C25H51NO2. The van der Waals surface area contributed by atoms with E-state index in [1.807, 2.05) is 6.08 Å². The van der Waals surface area contributed by atoms with Gasteiger partial charge in [0.25, 0.3) is 0 Å². The molecule has 0 fully saturated rings. The van der Waals surface area contributed by atoms with Gasteiger partial charge in [-0.2, -0.15) is 0 Å². The molecule has 0 aliphatic heterocycles. The predicted octanol–water partition coefficient (Wildman–Crippen LogP) is 6.65. The highest BCUT2D eigenvalue weighted by atomic mass is 16.3. The summed E-state index contributed by atoms with van der Waals surface area (Å²) in [5, 5.41) is 18.4. The average Bonchev–Trinajstić information content (AvgIpc) is 2.71. The molecule has 0 aromatic carbocycles. The summed E-state index contributed by atoms with van der Waals surface area (Å²) >= 11 is 0. The number of allylic oxidation sites excluding steroid dienone is 1. The minimum atomic E-state index is -0.722. The van der Waals surface area contributed by atoms with E-state index in [9.17, 15) is 5.11 Å². The van der Waals surface area contributed by atoms with Crippen LogP contribution in [0.2, 0.25) is 0 Å². The topological polar surface area (TPSA) is 66.5 Å². The Balaban J connectivity index is 3.13. The highest BCUT2D eigenvalue weighted by Crippen LogP contribution is 2.14. The Morgan fingerprint density at radius 3 is 1.36 bits per heavy atom. The van der Waals surface area contributed by atoms with Gasteiger partial charge in [0.05, 0.1) is 18.8 Å². The van der Waals surface area contributed by atoms with E-state index >= 15 is 0 Å². The Hall–Kier alpha value is -0.380. The Morgan fingerprint density at radius 2 is 1.00 bits per heavy atom. The minimum Gasteiger partial charge on any atom is -0.395 e. The van der Waals surface area contributed by atoms with E-state index in [0.29, 0.717) is 0 Å². The molecule has 0 aromatic rings. The molecule has 0 aliphatic carbocycles. The van der Waals surface area contributed by atoms with Crippen LogP contribution in [0, 0.1) is 0 Å². The summed E-state index contributed by atoms with van der Waals surface area (Å²) < 4.78 is 0. The molecule has 168 valence electrons. The molecular weight excluding hydrogens is 346 g/mol. The highest BCUT2D eigenvalue weighted by Gasteiger charge is 2.08. The molecule has 0 rings (SSSR count). The zero-order valence-electron chi connectivity index (χ0n) is 18.9. The molecule has 0 amide bonds. The molecule has 2 atom stereocenters. The number of rotatable bonds is 22. The second-order valence-corrected chi connectivity index (χ2v) is 8.56. The van der Waals surface area contributed by atoms with Crippen LogP contribution >= 0.6 is 0 Å². The van der Waals surface area contributed by atoms with Crippen molar-refractivity contribution in [3.63, 3.8) is 0 Å². The molecule has 0 saturated heterocycles. The Bertz CT molecular complexity index is 320. The maximum atomic E-state index is 9.60. The van der Waals surface area contributed by atoms with Gasteiger partial charge < -0.3 is 15.9 Å². The summed E-state index contributed by atoms with van der Waals surface area (Å²) in [4.78, 5) is 0. The number of aliphatic hydroxyl groups is 2. The molecule has 4 N–H and O–H groups in total. The van der Waals surface area contributed by atoms with Gasteiger partial charge in [0.2, 0.25) is 0 Å². The van der Waals surface area contributed by atoms with Crippen LogP contribution in [0.1, 0.15) is 129 Å². The van der Waals surface area contributed by atoms with Crippen LogP contribution in [0.4, 0.5) is 0 Å². The van der Waals surface area contributed by atoms with Gasteiger partial charge in [-0.1, -0.05) is 128 Å². The summed E-state index contributed by atoms with van der Waals surface area (Å²) in [5.41, 5.74) is 5.55. The van der Waals surface area contributed by atoms with Crippen LogP contribution in [0.5, 0.6) is 0 Å². The Morgan fingerprint density at radius 1 is 0.643 bits per heavy atom. The largest absolute Gasteiger partial charge is 0.395 e. The third-order valence-electron chi connectivity index (χ3n) is 5.71.